The van der Waals surface area contributed by atoms with Crippen LogP contribution in [0, 0.1) is 11.8 Å². The molecule has 2 aliphatic rings. The number of nitrogens with one attached hydrogen (secondary N) is 1. The Morgan fingerprint density at radius 2 is 2.13 bits per heavy atom. The van der Waals surface area contributed by atoms with Crippen LogP contribution in [-0.4, -0.2) is 31.0 Å². The number of hydrogen-bond acceptors (Lipinski definition) is 3. The number of benzene rings is 1. The number of amides is 2. The molecule has 5 nitrogen and oxygen atoms in total. The van der Waals surface area contributed by atoms with Crippen molar-refractivity contribution in [3.63, 3.8) is 0 Å². The van der Waals surface area contributed by atoms with Crippen molar-refractivity contribution in [1.29, 1.82) is 0 Å². The first-order chi connectivity index (χ1) is 11.1. The van der Waals surface area contributed by atoms with Gasteiger partial charge < -0.3 is 15.0 Å². The molecule has 2 atom stereocenters. The van der Waals surface area contributed by atoms with Crippen molar-refractivity contribution in [1.82, 2.24) is 5.32 Å². The quantitative estimate of drug-likeness (QED) is 0.876. The van der Waals surface area contributed by atoms with Crippen LogP contribution in [0.15, 0.2) is 24.3 Å². The van der Waals surface area contributed by atoms with Crippen molar-refractivity contribution < 1.29 is 14.3 Å². The van der Waals surface area contributed by atoms with Crippen molar-refractivity contribution in [3.05, 3.63) is 24.3 Å². The van der Waals surface area contributed by atoms with Gasteiger partial charge in [-0.15, -0.1) is 0 Å². The molecule has 0 spiro atoms. The zero-order valence-electron chi connectivity index (χ0n) is 13.7. The minimum atomic E-state index is -0.279. The third-order valence-corrected chi connectivity index (χ3v) is 4.65. The summed E-state index contributed by atoms with van der Waals surface area (Å²) in [7, 11) is 0. The Kier molecular flexibility index (Phi) is 4.55. The number of rotatable bonds is 6. The molecule has 23 heavy (non-hydrogen) atoms. The molecule has 2 amide bonds. The van der Waals surface area contributed by atoms with E-state index in [1.54, 1.807) is 4.90 Å². The van der Waals surface area contributed by atoms with Crippen LogP contribution < -0.4 is 15.0 Å². The van der Waals surface area contributed by atoms with Crippen LogP contribution in [-0.2, 0) is 9.59 Å². The van der Waals surface area contributed by atoms with Gasteiger partial charge in [-0.2, -0.15) is 0 Å². The second-order valence-corrected chi connectivity index (χ2v) is 6.44. The SMILES string of the molecule is CCOc1ccccc1N1CC(C(=O)NC(C)C2CC2)CC1=O. The molecule has 0 aromatic heterocycles. The third-order valence-electron chi connectivity index (χ3n) is 4.65. The van der Waals surface area contributed by atoms with Gasteiger partial charge in [0.05, 0.1) is 18.2 Å². The van der Waals surface area contributed by atoms with E-state index in [2.05, 4.69) is 12.2 Å². The summed E-state index contributed by atoms with van der Waals surface area (Å²) >= 11 is 0. The van der Waals surface area contributed by atoms with E-state index in [-0.39, 0.29) is 30.2 Å². The fraction of sp³-hybridized carbons (Fsp3) is 0.556. The number of nitrogens with zero attached hydrogens (tertiary/aromatic N) is 1. The highest BCUT2D eigenvalue weighted by molar-refractivity contribution is 6.01. The van der Waals surface area contributed by atoms with Crippen LogP contribution in [0.25, 0.3) is 0 Å². The summed E-state index contributed by atoms with van der Waals surface area (Å²) in [6.45, 7) is 4.93. The number of ether oxygens (including phenoxy) is 1. The lowest BCUT2D eigenvalue weighted by Crippen LogP contribution is -2.39. The molecule has 1 heterocycles. The van der Waals surface area contributed by atoms with Gasteiger partial charge in [0, 0.05) is 19.0 Å². The Balaban J connectivity index is 1.68. The maximum Gasteiger partial charge on any atom is 0.227 e. The summed E-state index contributed by atoms with van der Waals surface area (Å²) in [6, 6.07) is 7.71. The fourth-order valence-electron chi connectivity index (χ4n) is 3.13. The Bertz CT molecular complexity index is 598. The first-order valence-corrected chi connectivity index (χ1v) is 8.42. The molecule has 1 saturated heterocycles. The van der Waals surface area contributed by atoms with Crippen LogP contribution in [0.1, 0.15) is 33.1 Å². The van der Waals surface area contributed by atoms with E-state index >= 15 is 0 Å². The Morgan fingerprint density at radius 3 is 2.83 bits per heavy atom. The van der Waals surface area contributed by atoms with Gasteiger partial charge in [0.2, 0.25) is 11.8 Å². The highest BCUT2D eigenvalue weighted by Crippen LogP contribution is 2.34. The number of hydrogen-bond donors (Lipinski definition) is 1. The Morgan fingerprint density at radius 1 is 1.39 bits per heavy atom. The molecule has 1 N–H and O–H groups in total. The first kappa shape index (κ1) is 15.8. The van der Waals surface area contributed by atoms with Gasteiger partial charge in [-0.05, 0) is 44.7 Å². The van der Waals surface area contributed by atoms with E-state index in [1.807, 2.05) is 31.2 Å². The molecule has 1 aromatic carbocycles. The average molecular weight is 316 g/mol. The molecule has 0 radical (unpaired) electrons. The van der Waals surface area contributed by atoms with Crippen LogP contribution in [0.4, 0.5) is 5.69 Å². The minimum Gasteiger partial charge on any atom is -0.492 e. The molecular weight excluding hydrogens is 292 g/mol. The smallest absolute Gasteiger partial charge is 0.227 e. The lowest BCUT2D eigenvalue weighted by Gasteiger charge is -2.20. The second kappa shape index (κ2) is 6.60. The molecule has 2 unspecified atom stereocenters. The van der Waals surface area contributed by atoms with Gasteiger partial charge in [-0.1, -0.05) is 12.1 Å². The predicted octanol–water partition coefficient (Wildman–Crippen LogP) is 2.35. The first-order valence-electron chi connectivity index (χ1n) is 8.42. The lowest BCUT2D eigenvalue weighted by molar-refractivity contribution is -0.126. The predicted molar refractivity (Wildman–Crippen MR) is 88.4 cm³/mol. The number of carbonyl (C=O) groups excluding carboxylic acids is 2. The van der Waals surface area contributed by atoms with Gasteiger partial charge in [0.1, 0.15) is 5.75 Å². The van der Waals surface area contributed by atoms with Crippen LogP contribution in [0.2, 0.25) is 0 Å². The van der Waals surface area contributed by atoms with Crippen molar-refractivity contribution in [2.75, 3.05) is 18.1 Å². The second-order valence-electron chi connectivity index (χ2n) is 6.44. The zero-order chi connectivity index (χ0) is 16.4. The molecule has 0 bridgehead atoms. The minimum absolute atomic E-state index is 0.00542. The molecular formula is C18H24N2O3. The van der Waals surface area contributed by atoms with Gasteiger partial charge in [-0.25, -0.2) is 0 Å². The Labute approximate surface area is 137 Å². The van der Waals surface area contributed by atoms with Crippen molar-refractivity contribution in [3.8, 4) is 5.75 Å². The topological polar surface area (TPSA) is 58.6 Å². The highest BCUT2D eigenvalue weighted by atomic mass is 16.5. The standard InChI is InChI=1S/C18H24N2O3/c1-3-23-16-7-5-4-6-15(16)20-11-14(10-17(20)21)18(22)19-12(2)13-8-9-13/h4-7,12-14H,3,8-11H2,1-2H3,(H,19,22). The molecule has 1 saturated carbocycles. The molecule has 3 rings (SSSR count). The molecule has 124 valence electrons. The van der Waals surface area contributed by atoms with Gasteiger partial charge in [0.25, 0.3) is 0 Å². The molecule has 1 aliphatic carbocycles. The largest absolute Gasteiger partial charge is 0.492 e. The summed E-state index contributed by atoms with van der Waals surface area (Å²) in [6.07, 6.45) is 2.65. The van der Waals surface area contributed by atoms with Crippen LogP contribution >= 0.6 is 0 Å². The molecule has 1 aromatic rings. The van der Waals surface area contributed by atoms with Gasteiger partial charge in [-0.3, -0.25) is 9.59 Å². The Hall–Kier alpha value is -2.04. The normalized spacial score (nSPS) is 22.1. The van der Waals surface area contributed by atoms with E-state index in [1.165, 1.54) is 12.8 Å². The third kappa shape index (κ3) is 3.49. The summed E-state index contributed by atoms with van der Waals surface area (Å²) in [4.78, 5) is 26.4. The van der Waals surface area contributed by atoms with E-state index < -0.39 is 0 Å². The summed E-state index contributed by atoms with van der Waals surface area (Å²) < 4.78 is 5.60. The lowest BCUT2D eigenvalue weighted by atomic mass is 10.1. The van der Waals surface area contributed by atoms with E-state index in [0.29, 0.717) is 24.8 Å². The average Bonchev–Trinajstić information content (AvgIpc) is 3.31. The van der Waals surface area contributed by atoms with Crippen molar-refractivity contribution >= 4 is 17.5 Å². The number of para-hydroxylation sites is 2. The number of anilines is 1. The molecule has 1 aliphatic heterocycles. The summed E-state index contributed by atoms with van der Waals surface area (Å²) in [5.74, 6) is 1.01. The highest BCUT2D eigenvalue weighted by Gasteiger charge is 2.38. The van der Waals surface area contributed by atoms with Crippen molar-refractivity contribution in [2.24, 2.45) is 11.8 Å². The van der Waals surface area contributed by atoms with E-state index in [0.717, 1.165) is 5.69 Å². The van der Waals surface area contributed by atoms with Gasteiger partial charge >= 0.3 is 0 Å². The zero-order valence-corrected chi connectivity index (χ0v) is 13.7. The summed E-state index contributed by atoms with van der Waals surface area (Å²) in [5.41, 5.74) is 0.755. The molecule has 5 heteroatoms. The van der Waals surface area contributed by atoms with Crippen LogP contribution in [0.5, 0.6) is 5.75 Å². The van der Waals surface area contributed by atoms with Gasteiger partial charge in [0.15, 0.2) is 0 Å². The maximum atomic E-state index is 12.4. The van der Waals surface area contributed by atoms with Crippen LogP contribution in [0.3, 0.4) is 0 Å². The molecule has 2 fully saturated rings. The fourth-order valence-corrected chi connectivity index (χ4v) is 3.13. The van der Waals surface area contributed by atoms with E-state index in [4.69, 9.17) is 4.74 Å². The maximum absolute atomic E-state index is 12.4. The monoisotopic (exact) mass is 316 g/mol. The van der Waals surface area contributed by atoms with E-state index in [9.17, 15) is 9.59 Å². The van der Waals surface area contributed by atoms with Crippen molar-refractivity contribution in [2.45, 2.75) is 39.2 Å². The number of carbonyl (C=O) groups is 2. The summed E-state index contributed by atoms with van der Waals surface area (Å²) in [5, 5.41) is 3.07.